The Morgan fingerprint density at radius 2 is 1.50 bits per heavy atom. The number of benzene rings is 2. The van der Waals surface area contributed by atoms with Gasteiger partial charge in [0.25, 0.3) is 0 Å². The summed E-state index contributed by atoms with van der Waals surface area (Å²) in [4.78, 5) is 5.17. The summed E-state index contributed by atoms with van der Waals surface area (Å²) in [7, 11) is 0. The van der Waals surface area contributed by atoms with Crippen molar-refractivity contribution in [2.45, 2.75) is 19.4 Å². The quantitative estimate of drug-likeness (QED) is 0.887. The topological polar surface area (TPSA) is 32.5 Å². The molecule has 0 amide bonds. The lowest BCUT2D eigenvalue weighted by atomic mass is 9.95. The van der Waals surface area contributed by atoms with Crippen LogP contribution in [0.2, 0.25) is 0 Å². The van der Waals surface area contributed by atoms with Crippen molar-refractivity contribution in [2.24, 2.45) is 5.73 Å². The van der Waals surface area contributed by atoms with Crippen molar-refractivity contribution in [2.75, 3.05) is 39.3 Å². The molecule has 3 nitrogen and oxygen atoms in total. The first kappa shape index (κ1) is 17.2. The highest BCUT2D eigenvalue weighted by Gasteiger charge is 2.26. The zero-order chi connectivity index (χ0) is 16.8. The van der Waals surface area contributed by atoms with Crippen LogP contribution in [0.3, 0.4) is 0 Å². The molecule has 1 unspecified atom stereocenters. The molecule has 0 bridgehead atoms. The van der Waals surface area contributed by atoms with Gasteiger partial charge in [-0.25, -0.2) is 0 Å². The van der Waals surface area contributed by atoms with Crippen LogP contribution in [-0.2, 0) is 0 Å². The van der Waals surface area contributed by atoms with Crippen LogP contribution in [0.4, 0.5) is 0 Å². The summed E-state index contributed by atoms with van der Waals surface area (Å²) < 4.78 is 0. The molecule has 0 aliphatic carbocycles. The van der Waals surface area contributed by atoms with Crippen LogP contribution in [-0.4, -0.2) is 49.1 Å². The molecule has 2 aromatic carbocycles. The highest BCUT2D eigenvalue weighted by Crippen LogP contribution is 2.29. The Kier molecular flexibility index (Phi) is 6.02. The third-order valence-corrected chi connectivity index (χ3v) is 4.96. The summed E-state index contributed by atoms with van der Waals surface area (Å²) in [5, 5.41) is 0. The Bertz CT molecular complexity index is 601. The smallest absolute Gasteiger partial charge is 0.0602 e. The standard InChI is InChI=1S/C21H29N3/c1-18-8-10-20(11-9-18)21(19-6-3-2-4-7-19)24-16-14-23(15-17-24)13-5-12-22/h2-4,6-11,21H,5,12-17,22H2,1H3. The van der Waals surface area contributed by atoms with Gasteiger partial charge in [0.15, 0.2) is 0 Å². The Labute approximate surface area is 146 Å². The molecular weight excluding hydrogens is 294 g/mol. The molecule has 1 saturated heterocycles. The maximum atomic E-state index is 5.65. The van der Waals surface area contributed by atoms with Crippen molar-refractivity contribution < 1.29 is 0 Å². The monoisotopic (exact) mass is 323 g/mol. The second kappa shape index (κ2) is 8.43. The maximum Gasteiger partial charge on any atom is 0.0602 e. The van der Waals surface area contributed by atoms with Gasteiger partial charge in [-0.2, -0.15) is 0 Å². The van der Waals surface area contributed by atoms with E-state index in [1.165, 1.54) is 16.7 Å². The molecule has 3 rings (SSSR count). The minimum atomic E-state index is 0.350. The van der Waals surface area contributed by atoms with E-state index in [-0.39, 0.29) is 0 Å². The van der Waals surface area contributed by atoms with Crippen LogP contribution in [0.25, 0.3) is 0 Å². The zero-order valence-electron chi connectivity index (χ0n) is 14.7. The van der Waals surface area contributed by atoms with E-state index in [9.17, 15) is 0 Å². The fourth-order valence-electron chi connectivity index (χ4n) is 3.56. The van der Waals surface area contributed by atoms with Gasteiger partial charge in [-0.1, -0.05) is 60.2 Å². The first-order chi connectivity index (χ1) is 11.8. The molecule has 1 aliphatic rings. The molecule has 1 aliphatic heterocycles. The summed E-state index contributed by atoms with van der Waals surface area (Å²) in [5.74, 6) is 0. The number of piperazine rings is 1. The molecule has 128 valence electrons. The second-order valence-corrected chi connectivity index (χ2v) is 6.74. The molecule has 3 heteroatoms. The molecule has 0 saturated carbocycles. The Morgan fingerprint density at radius 1 is 0.875 bits per heavy atom. The first-order valence-corrected chi connectivity index (χ1v) is 9.06. The van der Waals surface area contributed by atoms with Gasteiger partial charge in [-0.05, 0) is 37.6 Å². The van der Waals surface area contributed by atoms with E-state index in [2.05, 4.69) is 71.3 Å². The number of nitrogens with zero attached hydrogens (tertiary/aromatic N) is 2. The minimum absolute atomic E-state index is 0.350. The Hall–Kier alpha value is -1.68. The average molecular weight is 323 g/mol. The summed E-state index contributed by atoms with van der Waals surface area (Å²) >= 11 is 0. The summed E-state index contributed by atoms with van der Waals surface area (Å²) in [6.45, 7) is 8.55. The van der Waals surface area contributed by atoms with Gasteiger partial charge in [0.2, 0.25) is 0 Å². The minimum Gasteiger partial charge on any atom is -0.330 e. The van der Waals surface area contributed by atoms with Gasteiger partial charge >= 0.3 is 0 Å². The van der Waals surface area contributed by atoms with Crippen LogP contribution < -0.4 is 5.73 Å². The van der Waals surface area contributed by atoms with Gasteiger partial charge in [0.05, 0.1) is 6.04 Å². The van der Waals surface area contributed by atoms with Crippen LogP contribution in [0.5, 0.6) is 0 Å². The molecular formula is C21H29N3. The Morgan fingerprint density at radius 3 is 2.12 bits per heavy atom. The van der Waals surface area contributed by atoms with Crippen molar-refractivity contribution in [3.05, 3.63) is 71.3 Å². The van der Waals surface area contributed by atoms with Crippen LogP contribution >= 0.6 is 0 Å². The lowest BCUT2D eigenvalue weighted by Crippen LogP contribution is -2.48. The van der Waals surface area contributed by atoms with Crippen molar-refractivity contribution in [3.63, 3.8) is 0 Å². The average Bonchev–Trinajstić information content (AvgIpc) is 2.64. The van der Waals surface area contributed by atoms with Crippen LogP contribution in [0.15, 0.2) is 54.6 Å². The molecule has 0 spiro atoms. The number of aryl methyl sites for hydroxylation is 1. The summed E-state index contributed by atoms with van der Waals surface area (Å²) in [6, 6.07) is 20.3. The molecule has 1 atom stereocenters. The molecule has 1 heterocycles. The lowest BCUT2D eigenvalue weighted by Gasteiger charge is -2.39. The predicted octanol–water partition coefficient (Wildman–Crippen LogP) is 3.05. The summed E-state index contributed by atoms with van der Waals surface area (Å²) in [6.07, 6.45) is 1.10. The van der Waals surface area contributed by atoms with Crippen molar-refractivity contribution in [1.82, 2.24) is 9.80 Å². The predicted molar refractivity (Wildman–Crippen MR) is 101 cm³/mol. The lowest BCUT2D eigenvalue weighted by molar-refractivity contribution is 0.109. The van der Waals surface area contributed by atoms with Gasteiger partial charge in [-0.3, -0.25) is 4.90 Å². The third-order valence-electron chi connectivity index (χ3n) is 4.96. The van der Waals surface area contributed by atoms with Gasteiger partial charge < -0.3 is 10.6 Å². The zero-order valence-corrected chi connectivity index (χ0v) is 14.7. The van der Waals surface area contributed by atoms with Crippen LogP contribution in [0, 0.1) is 6.92 Å². The van der Waals surface area contributed by atoms with Gasteiger partial charge in [0, 0.05) is 26.2 Å². The molecule has 2 N–H and O–H groups in total. The third kappa shape index (κ3) is 4.23. The van der Waals surface area contributed by atoms with E-state index in [1.807, 2.05) is 0 Å². The van der Waals surface area contributed by atoms with E-state index < -0.39 is 0 Å². The highest BCUT2D eigenvalue weighted by molar-refractivity contribution is 5.33. The van der Waals surface area contributed by atoms with Gasteiger partial charge in [0.1, 0.15) is 0 Å². The first-order valence-electron chi connectivity index (χ1n) is 9.06. The second-order valence-electron chi connectivity index (χ2n) is 6.74. The molecule has 0 radical (unpaired) electrons. The van der Waals surface area contributed by atoms with E-state index >= 15 is 0 Å². The molecule has 1 fully saturated rings. The molecule has 0 aromatic heterocycles. The maximum absolute atomic E-state index is 5.65. The Balaban J connectivity index is 1.77. The number of nitrogens with two attached hydrogens (primary N) is 1. The molecule has 24 heavy (non-hydrogen) atoms. The molecule has 2 aromatic rings. The SMILES string of the molecule is Cc1ccc(C(c2ccccc2)N2CCN(CCCN)CC2)cc1. The fourth-order valence-corrected chi connectivity index (χ4v) is 3.56. The van der Waals surface area contributed by atoms with E-state index in [0.29, 0.717) is 6.04 Å². The number of hydrogen-bond acceptors (Lipinski definition) is 3. The normalized spacial score (nSPS) is 17.8. The van der Waals surface area contributed by atoms with E-state index in [4.69, 9.17) is 5.73 Å². The largest absolute Gasteiger partial charge is 0.330 e. The van der Waals surface area contributed by atoms with Crippen LogP contribution in [0.1, 0.15) is 29.2 Å². The van der Waals surface area contributed by atoms with Crippen molar-refractivity contribution in [3.8, 4) is 0 Å². The van der Waals surface area contributed by atoms with Crippen molar-refractivity contribution >= 4 is 0 Å². The number of hydrogen-bond donors (Lipinski definition) is 1. The fraction of sp³-hybridized carbons (Fsp3) is 0.429. The van der Waals surface area contributed by atoms with E-state index in [1.54, 1.807) is 0 Å². The highest BCUT2D eigenvalue weighted by atomic mass is 15.3. The van der Waals surface area contributed by atoms with Gasteiger partial charge in [-0.15, -0.1) is 0 Å². The number of rotatable bonds is 6. The van der Waals surface area contributed by atoms with Crippen molar-refractivity contribution in [1.29, 1.82) is 0 Å². The van der Waals surface area contributed by atoms with E-state index in [0.717, 1.165) is 45.7 Å². The summed E-state index contributed by atoms with van der Waals surface area (Å²) in [5.41, 5.74) is 9.74.